The molecule has 0 spiro atoms. The first-order valence-electron chi connectivity index (χ1n) is 9.18. The highest BCUT2D eigenvalue weighted by Crippen LogP contribution is 2.33. The monoisotopic (exact) mass is 406 g/mol. The van der Waals surface area contributed by atoms with Crippen LogP contribution in [-0.4, -0.2) is 35.4 Å². The maximum atomic E-state index is 14.2. The fraction of sp³-hybridized carbons (Fsp3) is 0.286. The molecular formula is C21H21F3N2O3. The van der Waals surface area contributed by atoms with Crippen molar-refractivity contribution in [1.29, 1.82) is 0 Å². The van der Waals surface area contributed by atoms with Gasteiger partial charge < -0.3 is 20.1 Å². The van der Waals surface area contributed by atoms with Crippen LogP contribution in [0, 0.1) is 17.5 Å². The van der Waals surface area contributed by atoms with E-state index in [1.165, 1.54) is 30.3 Å². The standard InChI is InChI=1S/C21H21F3N2O3/c1-12(6-8-27)25-21(28)29-9-7-16-17-10-15(23)11-18(24)20(17)26-19(16)13-2-4-14(22)5-3-13/h2-5,10-12,26-27H,6-9H2,1H3,(H,25,28). The molecular weight excluding hydrogens is 385 g/mol. The molecule has 0 aliphatic rings. The second kappa shape index (κ2) is 9.00. The van der Waals surface area contributed by atoms with Crippen molar-refractivity contribution in [2.24, 2.45) is 0 Å². The van der Waals surface area contributed by atoms with Crippen molar-refractivity contribution < 1.29 is 27.8 Å². The Kier molecular flexibility index (Phi) is 6.43. The zero-order chi connectivity index (χ0) is 21.0. The number of alkyl carbamates (subject to hydrolysis) is 1. The fourth-order valence-electron chi connectivity index (χ4n) is 3.15. The van der Waals surface area contributed by atoms with Gasteiger partial charge in [0, 0.05) is 36.2 Å². The number of carbonyl (C=O) groups is 1. The van der Waals surface area contributed by atoms with Crippen molar-refractivity contribution in [1.82, 2.24) is 10.3 Å². The molecule has 29 heavy (non-hydrogen) atoms. The Balaban J connectivity index is 1.86. The van der Waals surface area contributed by atoms with E-state index in [0.717, 1.165) is 6.07 Å². The van der Waals surface area contributed by atoms with Crippen LogP contribution < -0.4 is 5.32 Å². The van der Waals surface area contributed by atoms with Crippen molar-refractivity contribution >= 4 is 17.0 Å². The number of aromatic nitrogens is 1. The van der Waals surface area contributed by atoms with Crippen LogP contribution in [-0.2, 0) is 11.2 Å². The zero-order valence-electron chi connectivity index (χ0n) is 15.8. The van der Waals surface area contributed by atoms with Crippen molar-refractivity contribution in [3.8, 4) is 11.3 Å². The third-order valence-electron chi connectivity index (χ3n) is 4.58. The lowest BCUT2D eigenvalue weighted by Gasteiger charge is -2.13. The molecule has 3 N–H and O–H groups in total. The van der Waals surface area contributed by atoms with E-state index in [1.807, 2.05) is 0 Å². The number of halogens is 3. The average Bonchev–Trinajstić information content (AvgIpc) is 3.01. The average molecular weight is 406 g/mol. The Hall–Kier alpha value is -3.00. The summed E-state index contributed by atoms with van der Waals surface area (Å²) in [6, 6.07) is 7.34. The molecule has 0 saturated heterocycles. The van der Waals surface area contributed by atoms with Crippen molar-refractivity contribution in [3.63, 3.8) is 0 Å². The molecule has 1 aromatic heterocycles. The summed E-state index contributed by atoms with van der Waals surface area (Å²) < 4.78 is 46.5. The van der Waals surface area contributed by atoms with E-state index in [0.29, 0.717) is 28.6 Å². The number of carbonyl (C=O) groups excluding carboxylic acids is 1. The van der Waals surface area contributed by atoms with E-state index in [1.54, 1.807) is 6.92 Å². The molecule has 1 unspecified atom stereocenters. The van der Waals surface area contributed by atoms with Gasteiger partial charge in [-0.3, -0.25) is 0 Å². The molecule has 0 bridgehead atoms. The number of aromatic amines is 1. The topological polar surface area (TPSA) is 74.3 Å². The number of benzene rings is 2. The number of aliphatic hydroxyl groups excluding tert-OH is 1. The third-order valence-corrected chi connectivity index (χ3v) is 4.58. The van der Waals surface area contributed by atoms with Gasteiger partial charge in [0.15, 0.2) is 0 Å². The molecule has 5 nitrogen and oxygen atoms in total. The van der Waals surface area contributed by atoms with E-state index >= 15 is 0 Å². The molecule has 0 saturated carbocycles. The molecule has 1 atom stereocenters. The smallest absolute Gasteiger partial charge is 0.407 e. The van der Waals surface area contributed by atoms with Crippen LogP contribution in [0.25, 0.3) is 22.2 Å². The molecule has 1 amide bonds. The van der Waals surface area contributed by atoms with Gasteiger partial charge in [-0.25, -0.2) is 18.0 Å². The van der Waals surface area contributed by atoms with Gasteiger partial charge in [0.2, 0.25) is 0 Å². The second-order valence-electron chi connectivity index (χ2n) is 6.74. The van der Waals surface area contributed by atoms with Crippen LogP contribution in [0.15, 0.2) is 36.4 Å². The Morgan fingerprint density at radius 3 is 2.59 bits per heavy atom. The quantitative estimate of drug-likeness (QED) is 0.548. The third kappa shape index (κ3) is 4.89. The van der Waals surface area contributed by atoms with Gasteiger partial charge in [-0.1, -0.05) is 0 Å². The molecule has 0 fully saturated rings. The van der Waals surface area contributed by atoms with Gasteiger partial charge >= 0.3 is 6.09 Å². The highest BCUT2D eigenvalue weighted by atomic mass is 19.1. The van der Waals surface area contributed by atoms with E-state index in [4.69, 9.17) is 9.84 Å². The Morgan fingerprint density at radius 1 is 1.17 bits per heavy atom. The van der Waals surface area contributed by atoms with Gasteiger partial charge in [-0.2, -0.15) is 0 Å². The SMILES string of the molecule is CC(CCO)NC(=O)OCCc1c(-c2ccc(F)cc2)[nH]c2c(F)cc(F)cc12. The van der Waals surface area contributed by atoms with Gasteiger partial charge in [0.05, 0.1) is 12.1 Å². The maximum absolute atomic E-state index is 14.2. The number of hydrogen-bond acceptors (Lipinski definition) is 3. The first-order valence-corrected chi connectivity index (χ1v) is 9.18. The van der Waals surface area contributed by atoms with Crippen molar-refractivity contribution in [2.45, 2.75) is 25.8 Å². The second-order valence-corrected chi connectivity index (χ2v) is 6.74. The normalized spacial score (nSPS) is 12.2. The Morgan fingerprint density at radius 2 is 1.90 bits per heavy atom. The highest BCUT2D eigenvalue weighted by Gasteiger charge is 2.18. The van der Waals surface area contributed by atoms with Gasteiger partial charge in [0.25, 0.3) is 0 Å². The van der Waals surface area contributed by atoms with Crippen LogP contribution >= 0.6 is 0 Å². The summed E-state index contributed by atoms with van der Waals surface area (Å²) in [6.45, 7) is 1.64. The summed E-state index contributed by atoms with van der Waals surface area (Å²) in [7, 11) is 0. The molecule has 0 radical (unpaired) electrons. The summed E-state index contributed by atoms with van der Waals surface area (Å²) in [5.74, 6) is -1.89. The molecule has 0 aliphatic heterocycles. The first-order chi connectivity index (χ1) is 13.9. The minimum atomic E-state index is -0.744. The van der Waals surface area contributed by atoms with Gasteiger partial charge in [-0.05, 0) is 54.8 Å². The largest absolute Gasteiger partial charge is 0.449 e. The summed E-state index contributed by atoms with van der Waals surface area (Å²) in [5, 5.41) is 11.8. The lowest BCUT2D eigenvalue weighted by atomic mass is 10.0. The Bertz CT molecular complexity index is 1000. The number of aliphatic hydroxyl groups is 1. The zero-order valence-corrected chi connectivity index (χ0v) is 15.8. The van der Waals surface area contributed by atoms with Gasteiger partial charge in [0.1, 0.15) is 17.5 Å². The molecule has 3 rings (SSSR count). The van der Waals surface area contributed by atoms with Crippen molar-refractivity contribution in [3.05, 3.63) is 59.4 Å². The minimum Gasteiger partial charge on any atom is -0.449 e. The van der Waals surface area contributed by atoms with Crippen LogP contribution in [0.3, 0.4) is 0 Å². The van der Waals surface area contributed by atoms with Crippen LogP contribution in [0.1, 0.15) is 18.9 Å². The van der Waals surface area contributed by atoms with E-state index in [9.17, 15) is 18.0 Å². The number of nitrogens with one attached hydrogen (secondary N) is 2. The van der Waals surface area contributed by atoms with Crippen molar-refractivity contribution in [2.75, 3.05) is 13.2 Å². The summed E-state index contributed by atoms with van der Waals surface area (Å²) in [4.78, 5) is 14.8. The number of ether oxygens (including phenoxy) is 1. The highest BCUT2D eigenvalue weighted by molar-refractivity contribution is 5.91. The molecule has 3 aromatic rings. The summed E-state index contributed by atoms with van der Waals surface area (Å²) in [5.41, 5.74) is 1.78. The van der Waals surface area contributed by atoms with Crippen LogP contribution in [0.5, 0.6) is 0 Å². The van der Waals surface area contributed by atoms with E-state index in [-0.39, 0.29) is 31.2 Å². The van der Waals surface area contributed by atoms with E-state index in [2.05, 4.69) is 10.3 Å². The minimum absolute atomic E-state index is 0.0308. The lowest BCUT2D eigenvalue weighted by Crippen LogP contribution is -2.34. The molecule has 1 heterocycles. The Labute approximate surface area is 165 Å². The molecule has 8 heteroatoms. The number of amides is 1. The lowest BCUT2D eigenvalue weighted by molar-refractivity contribution is 0.142. The van der Waals surface area contributed by atoms with Gasteiger partial charge in [-0.15, -0.1) is 0 Å². The summed E-state index contributed by atoms with van der Waals surface area (Å²) >= 11 is 0. The number of rotatable bonds is 7. The molecule has 154 valence electrons. The number of fused-ring (bicyclic) bond motifs is 1. The predicted octanol–water partition coefficient (Wildman–Crippen LogP) is 4.29. The fourth-order valence-corrected chi connectivity index (χ4v) is 3.15. The predicted molar refractivity (Wildman–Crippen MR) is 103 cm³/mol. The molecule has 2 aromatic carbocycles. The summed E-state index contributed by atoms with van der Waals surface area (Å²) in [6.07, 6.45) is -0.0612. The number of hydrogen-bond donors (Lipinski definition) is 3. The molecule has 0 aliphatic carbocycles. The maximum Gasteiger partial charge on any atom is 0.407 e. The van der Waals surface area contributed by atoms with Crippen LogP contribution in [0.2, 0.25) is 0 Å². The number of H-pyrrole nitrogens is 1. The first kappa shape index (κ1) is 20.7. The van der Waals surface area contributed by atoms with Crippen LogP contribution in [0.4, 0.5) is 18.0 Å². The van der Waals surface area contributed by atoms with E-state index < -0.39 is 23.5 Å².